The molecule has 0 bridgehead atoms. The topological polar surface area (TPSA) is 110 Å². The van der Waals surface area contributed by atoms with E-state index in [9.17, 15) is 24.5 Å². The number of amides is 3. The summed E-state index contributed by atoms with van der Waals surface area (Å²) < 4.78 is 0. The quantitative estimate of drug-likeness (QED) is 0.435. The van der Waals surface area contributed by atoms with Crippen LogP contribution in [-0.2, 0) is 14.4 Å². The second-order valence-electron chi connectivity index (χ2n) is 6.07. The predicted octanol–water partition coefficient (Wildman–Crippen LogP) is 2.99. The number of carbonyl (C=O) groups is 3. The molecule has 0 unspecified atom stereocenters. The van der Waals surface area contributed by atoms with Crippen molar-refractivity contribution in [3.63, 3.8) is 0 Å². The van der Waals surface area contributed by atoms with E-state index in [2.05, 4.69) is 5.32 Å². The Kier molecular flexibility index (Phi) is 6.05. The number of imide groups is 1. The highest BCUT2D eigenvalue weighted by Crippen LogP contribution is 2.29. The molecule has 0 aliphatic carbocycles. The van der Waals surface area contributed by atoms with Crippen LogP contribution in [0, 0.1) is 10.1 Å². The predicted molar refractivity (Wildman–Crippen MR) is 106 cm³/mol. The molecular formula is C19H17N3O5S. The smallest absolute Gasteiger partial charge is 0.269 e. The first kappa shape index (κ1) is 19.6. The van der Waals surface area contributed by atoms with Gasteiger partial charge in [0.25, 0.3) is 5.69 Å². The minimum atomic E-state index is -0.513. The standard InChI is InChI=1S/C19H17N3O5S/c23-17(20-13-6-8-15(9-7-13)22(26)27)10-11-28-16-12-18(24)21(19(16)25)14-4-2-1-3-5-14/h1-9,16H,10-12H2,(H,20,23)/t16-/m1/s1. The van der Waals surface area contributed by atoms with E-state index in [4.69, 9.17) is 0 Å². The van der Waals surface area contributed by atoms with Crippen LogP contribution in [0.1, 0.15) is 12.8 Å². The van der Waals surface area contributed by atoms with Crippen molar-refractivity contribution in [3.05, 3.63) is 64.7 Å². The Morgan fingerprint density at radius 1 is 1.14 bits per heavy atom. The van der Waals surface area contributed by atoms with Gasteiger partial charge in [-0.15, -0.1) is 11.8 Å². The lowest BCUT2D eigenvalue weighted by atomic mass is 10.3. The van der Waals surface area contributed by atoms with Crippen LogP contribution in [0.25, 0.3) is 0 Å². The fourth-order valence-corrected chi connectivity index (χ4v) is 3.86. The number of para-hydroxylation sites is 1. The minimum absolute atomic E-state index is 0.0547. The largest absolute Gasteiger partial charge is 0.326 e. The van der Waals surface area contributed by atoms with Gasteiger partial charge in [-0.05, 0) is 24.3 Å². The number of nitro groups is 1. The molecule has 8 nitrogen and oxygen atoms in total. The lowest BCUT2D eigenvalue weighted by molar-refractivity contribution is -0.384. The zero-order valence-corrected chi connectivity index (χ0v) is 15.6. The molecule has 1 N–H and O–H groups in total. The van der Waals surface area contributed by atoms with Crippen LogP contribution in [0.2, 0.25) is 0 Å². The Bertz CT molecular complexity index is 902. The van der Waals surface area contributed by atoms with Crippen LogP contribution in [0.3, 0.4) is 0 Å². The highest BCUT2D eigenvalue weighted by molar-refractivity contribution is 8.00. The van der Waals surface area contributed by atoms with Gasteiger partial charge in [0.15, 0.2) is 0 Å². The van der Waals surface area contributed by atoms with Gasteiger partial charge in [0.05, 0.1) is 15.9 Å². The van der Waals surface area contributed by atoms with E-state index in [1.54, 1.807) is 24.3 Å². The second-order valence-corrected chi connectivity index (χ2v) is 7.38. The van der Waals surface area contributed by atoms with Crippen molar-refractivity contribution in [2.45, 2.75) is 18.1 Å². The van der Waals surface area contributed by atoms with Crippen molar-refractivity contribution in [1.82, 2.24) is 0 Å². The molecule has 1 aliphatic heterocycles. The lowest BCUT2D eigenvalue weighted by Gasteiger charge is -2.14. The maximum absolute atomic E-state index is 12.5. The molecule has 0 spiro atoms. The van der Waals surface area contributed by atoms with Crippen LogP contribution in [0.15, 0.2) is 54.6 Å². The molecule has 28 heavy (non-hydrogen) atoms. The second kappa shape index (κ2) is 8.66. The third-order valence-electron chi connectivity index (χ3n) is 4.13. The van der Waals surface area contributed by atoms with Crippen molar-refractivity contribution < 1.29 is 19.3 Å². The summed E-state index contributed by atoms with van der Waals surface area (Å²) in [6.45, 7) is 0. The van der Waals surface area contributed by atoms with Crippen LogP contribution in [0.5, 0.6) is 0 Å². The first-order valence-corrected chi connectivity index (χ1v) is 9.58. The molecule has 1 heterocycles. The molecule has 0 aromatic heterocycles. The van der Waals surface area contributed by atoms with Crippen molar-refractivity contribution in [2.24, 2.45) is 0 Å². The number of nitro benzene ring substituents is 1. The third kappa shape index (κ3) is 4.55. The fourth-order valence-electron chi connectivity index (χ4n) is 2.77. The van der Waals surface area contributed by atoms with Gasteiger partial charge < -0.3 is 5.32 Å². The van der Waals surface area contributed by atoms with Gasteiger partial charge in [-0.3, -0.25) is 24.5 Å². The molecular weight excluding hydrogens is 382 g/mol. The number of hydrogen-bond acceptors (Lipinski definition) is 6. The number of thioether (sulfide) groups is 1. The fraction of sp³-hybridized carbons (Fsp3) is 0.211. The van der Waals surface area contributed by atoms with Gasteiger partial charge in [-0.25, -0.2) is 4.90 Å². The molecule has 3 amide bonds. The molecule has 3 rings (SSSR count). The highest BCUT2D eigenvalue weighted by atomic mass is 32.2. The Labute approximate surface area is 165 Å². The number of anilines is 2. The summed E-state index contributed by atoms with van der Waals surface area (Å²) in [7, 11) is 0. The number of non-ortho nitro benzene ring substituents is 1. The van der Waals surface area contributed by atoms with Crippen LogP contribution < -0.4 is 10.2 Å². The number of nitrogens with zero attached hydrogens (tertiary/aromatic N) is 2. The zero-order valence-electron chi connectivity index (χ0n) is 14.7. The van der Waals surface area contributed by atoms with Crippen molar-refractivity contribution in [3.8, 4) is 0 Å². The number of nitrogens with one attached hydrogen (secondary N) is 1. The lowest BCUT2D eigenvalue weighted by Crippen LogP contribution is -2.31. The third-order valence-corrected chi connectivity index (χ3v) is 5.34. The van der Waals surface area contributed by atoms with Crippen LogP contribution in [-0.4, -0.2) is 33.6 Å². The monoisotopic (exact) mass is 399 g/mol. The van der Waals surface area contributed by atoms with E-state index < -0.39 is 10.2 Å². The van der Waals surface area contributed by atoms with Crippen molar-refractivity contribution in [2.75, 3.05) is 16.0 Å². The zero-order chi connectivity index (χ0) is 20.1. The number of benzene rings is 2. The van der Waals surface area contributed by atoms with Crippen molar-refractivity contribution in [1.29, 1.82) is 0 Å². The van der Waals surface area contributed by atoms with Gasteiger partial charge in [-0.1, -0.05) is 18.2 Å². The molecule has 1 atom stereocenters. The Morgan fingerprint density at radius 2 is 1.82 bits per heavy atom. The maximum Gasteiger partial charge on any atom is 0.269 e. The van der Waals surface area contributed by atoms with E-state index in [-0.39, 0.29) is 36.3 Å². The first-order valence-electron chi connectivity index (χ1n) is 8.53. The number of hydrogen-bond donors (Lipinski definition) is 1. The normalized spacial score (nSPS) is 16.3. The maximum atomic E-state index is 12.5. The number of carbonyl (C=O) groups excluding carboxylic acids is 3. The molecule has 144 valence electrons. The summed E-state index contributed by atoms with van der Waals surface area (Å²) >= 11 is 1.28. The Morgan fingerprint density at radius 3 is 2.46 bits per heavy atom. The van der Waals surface area contributed by atoms with Gasteiger partial charge in [-0.2, -0.15) is 0 Å². The molecule has 1 aliphatic rings. The van der Waals surface area contributed by atoms with Gasteiger partial charge in [0.2, 0.25) is 17.7 Å². The minimum Gasteiger partial charge on any atom is -0.326 e. The van der Waals surface area contributed by atoms with E-state index >= 15 is 0 Å². The van der Waals surface area contributed by atoms with Crippen LogP contribution >= 0.6 is 11.8 Å². The van der Waals surface area contributed by atoms with E-state index in [0.29, 0.717) is 17.1 Å². The summed E-state index contributed by atoms with van der Waals surface area (Å²) in [6.07, 6.45) is 0.271. The Hall–Kier alpha value is -3.20. The molecule has 0 saturated carbocycles. The van der Waals surface area contributed by atoms with Gasteiger partial charge in [0, 0.05) is 36.4 Å². The van der Waals surface area contributed by atoms with Gasteiger partial charge in [0.1, 0.15) is 0 Å². The molecule has 1 fully saturated rings. The summed E-state index contributed by atoms with van der Waals surface area (Å²) in [4.78, 5) is 48.0. The molecule has 0 radical (unpaired) electrons. The summed E-state index contributed by atoms with van der Waals surface area (Å²) in [5.74, 6) is -0.399. The first-order chi connectivity index (χ1) is 13.5. The van der Waals surface area contributed by atoms with Crippen LogP contribution in [0.4, 0.5) is 17.1 Å². The molecule has 1 saturated heterocycles. The van der Waals surface area contributed by atoms with E-state index in [1.807, 2.05) is 6.07 Å². The SMILES string of the molecule is O=C(CCS[C@@H]1CC(=O)N(c2ccccc2)C1=O)Nc1ccc([N+](=O)[O-])cc1. The average Bonchev–Trinajstić information content (AvgIpc) is 2.96. The van der Waals surface area contributed by atoms with Crippen molar-refractivity contribution >= 4 is 46.5 Å². The average molecular weight is 399 g/mol. The number of rotatable bonds is 7. The highest BCUT2D eigenvalue weighted by Gasteiger charge is 2.39. The van der Waals surface area contributed by atoms with E-state index in [0.717, 1.165) is 0 Å². The molecule has 9 heteroatoms. The summed E-state index contributed by atoms with van der Waals surface area (Å²) in [5, 5.41) is 12.8. The summed E-state index contributed by atoms with van der Waals surface area (Å²) in [5.41, 5.74) is 0.959. The van der Waals surface area contributed by atoms with E-state index in [1.165, 1.54) is 40.9 Å². The molecule has 2 aromatic rings. The summed E-state index contributed by atoms with van der Waals surface area (Å²) in [6, 6.07) is 14.3. The Balaban J connectivity index is 1.48. The molecule has 2 aromatic carbocycles. The van der Waals surface area contributed by atoms with Gasteiger partial charge >= 0.3 is 0 Å².